The summed E-state index contributed by atoms with van der Waals surface area (Å²) in [6.07, 6.45) is 6.82. The van der Waals surface area contributed by atoms with Crippen molar-refractivity contribution in [2.45, 2.75) is 45.1 Å². The normalized spacial score (nSPS) is 22.9. The molecule has 2 saturated heterocycles. The second kappa shape index (κ2) is 7.62. The summed E-state index contributed by atoms with van der Waals surface area (Å²) in [4.78, 5) is 22.9. The number of nitrogens with one attached hydrogen (secondary N) is 2. The minimum atomic E-state index is 0.0998. The van der Waals surface area contributed by atoms with Gasteiger partial charge in [0.25, 0.3) is 0 Å². The molecule has 0 radical (unpaired) electrons. The smallest absolute Gasteiger partial charge is 0.223 e. The molecular weight excluding hydrogens is 324 g/mol. The molecule has 4 rings (SSSR count). The largest absolute Gasteiger partial charge is 0.340 e. The molecule has 2 aromatic rings. The molecule has 2 aliphatic heterocycles. The molecule has 0 saturated carbocycles. The number of benzene rings is 1. The number of amides is 1. The summed E-state index contributed by atoms with van der Waals surface area (Å²) in [5.41, 5.74) is 3.41. The molecule has 0 aliphatic carbocycles. The van der Waals surface area contributed by atoms with Crippen LogP contribution in [0.15, 0.2) is 30.5 Å². The van der Waals surface area contributed by atoms with Crippen molar-refractivity contribution >= 4 is 5.91 Å². The number of carbonyl (C=O) groups is 1. The average molecular weight is 352 g/mol. The number of rotatable bonds is 5. The molecule has 2 atom stereocenters. The van der Waals surface area contributed by atoms with Crippen molar-refractivity contribution < 1.29 is 4.79 Å². The molecule has 3 heterocycles. The van der Waals surface area contributed by atoms with E-state index in [1.165, 1.54) is 12.0 Å². The number of aromatic amines is 1. The molecule has 2 unspecified atom stereocenters. The quantitative estimate of drug-likeness (QED) is 0.866. The zero-order valence-electron chi connectivity index (χ0n) is 15.5. The van der Waals surface area contributed by atoms with Crippen LogP contribution in [-0.2, 0) is 4.79 Å². The van der Waals surface area contributed by atoms with E-state index in [2.05, 4.69) is 46.5 Å². The Morgan fingerprint density at radius 2 is 2.27 bits per heavy atom. The Morgan fingerprint density at radius 3 is 3.08 bits per heavy atom. The Balaban J connectivity index is 1.43. The van der Waals surface area contributed by atoms with E-state index in [-0.39, 0.29) is 11.9 Å². The van der Waals surface area contributed by atoms with Crippen molar-refractivity contribution in [2.24, 2.45) is 5.92 Å². The lowest BCUT2D eigenvalue weighted by molar-refractivity contribution is -0.132. The Labute approximate surface area is 155 Å². The van der Waals surface area contributed by atoms with Gasteiger partial charge in [0.15, 0.2) is 0 Å². The number of aromatic nitrogens is 2. The SMILES string of the molecule is Cc1cccc(-c2cnc(C3CCCN3C(=O)CCC3CCNC3)[nH]2)c1. The van der Waals surface area contributed by atoms with E-state index < -0.39 is 0 Å². The second-order valence-corrected chi connectivity index (χ2v) is 7.69. The number of aryl methyl sites for hydroxylation is 1. The Bertz CT molecular complexity index is 763. The van der Waals surface area contributed by atoms with Crippen molar-refractivity contribution in [3.63, 3.8) is 0 Å². The number of likely N-dealkylation sites (tertiary alicyclic amines) is 1. The lowest BCUT2D eigenvalue weighted by Gasteiger charge is -2.24. The minimum absolute atomic E-state index is 0.0998. The van der Waals surface area contributed by atoms with Crippen LogP contribution in [0.4, 0.5) is 0 Å². The summed E-state index contributed by atoms with van der Waals surface area (Å²) < 4.78 is 0. The van der Waals surface area contributed by atoms with Gasteiger partial charge in [0.1, 0.15) is 5.82 Å². The van der Waals surface area contributed by atoms with E-state index in [9.17, 15) is 4.79 Å². The van der Waals surface area contributed by atoms with Gasteiger partial charge >= 0.3 is 0 Å². The molecule has 26 heavy (non-hydrogen) atoms. The molecule has 1 amide bonds. The Morgan fingerprint density at radius 1 is 1.35 bits per heavy atom. The van der Waals surface area contributed by atoms with Crippen LogP contribution in [0, 0.1) is 12.8 Å². The van der Waals surface area contributed by atoms with Crippen molar-refractivity contribution in [2.75, 3.05) is 19.6 Å². The van der Waals surface area contributed by atoms with E-state index in [0.29, 0.717) is 12.3 Å². The first kappa shape index (κ1) is 17.3. The predicted octanol–water partition coefficient (Wildman–Crippen LogP) is 3.44. The molecule has 2 fully saturated rings. The van der Waals surface area contributed by atoms with Gasteiger partial charge in [-0.2, -0.15) is 0 Å². The standard InChI is InChI=1S/C21H28N4O/c1-15-4-2-5-17(12-15)18-14-23-21(24-18)19-6-3-11-25(19)20(26)8-7-16-9-10-22-13-16/h2,4-5,12,14,16,19,22H,3,6-11,13H2,1H3,(H,23,24). The first-order chi connectivity index (χ1) is 12.7. The van der Waals surface area contributed by atoms with Gasteiger partial charge in [-0.25, -0.2) is 4.98 Å². The molecule has 138 valence electrons. The second-order valence-electron chi connectivity index (χ2n) is 7.69. The molecular formula is C21H28N4O. The molecule has 0 bridgehead atoms. The maximum Gasteiger partial charge on any atom is 0.223 e. The van der Waals surface area contributed by atoms with E-state index in [1.807, 2.05) is 11.1 Å². The van der Waals surface area contributed by atoms with Crippen LogP contribution in [-0.4, -0.2) is 40.4 Å². The predicted molar refractivity (Wildman–Crippen MR) is 103 cm³/mol. The number of imidazole rings is 1. The molecule has 0 spiro atoms. The first-order valence-corrected chi connectivity index (χ1v) is 9.83. The number of H-pyrrole nitrogens is 1. The fourth-order valence-corrected chi connectivity index (χ4v) is 4.25. The third-order valence-corrected chi connectivity index (χ3v) is 5.74. The highest BCUT2D eigenvalue weighted by atomic mass is 16.2. The minimum Gasteiger partial charge on any atom is -0.340 e. The summed E-state index contributed by atoms with van der Waals surface area (Å²) in [6.45, 7) is 5.11. The summed E-state index contributed by atoms with van der Waals surface area (Å²) in [7, 11) is 0. The third-order valence-electron chi connectivity index (χ3n) is 5.74. The number of carbonyl (C=O) groups excluding carboxylic acids is 1. The fraction of sp³-hybridized carbons (Fsp3) is 0.524. The maximum absolute atomic E-state index is 12.8. The van der Waals surface area contributed by atoms with Crippen LogP contribution in [0.2, 0.25) is 0 Å². The summed E-state index contributed by atoms with van der Waals surface area (Å²) in [5.74, 6) is 1.87. The van der Waals surface area contributed by atoms with Gasteiger partial charge in [0.05, 0.1) is 17.9 Å². The van der Waals surface area contributed by atoms with Crippen LogP contribution >= 0.6 is 0 Å². The number of hydrogen-bond acceptors (Lipinski definition) is 3. The highest BCUT2D eigenvalue weighted by Gasteiger charge is 2.32. The Hall–Kier alpha value is -2.14. The monoisotopic (exact) mass is 352 g/mol. The summed E-state index contributed by atoms with van der Waals surface area (Å²) >= 11 is 0. The number of hydrogen-bond donors (Lipinski definition) is 2. The van der Waals surface area contributed by atoms with Gasteiger partial charge in [-0.05, 0) is 63.2 Å². The summed E-state index contributed by atoms with van der Waals surface area (Å²) in [5, 5.41) is 3.38. The van der Waals surface area contributed by atoms with E-state index in [0.717, 1.165) is 56.0 Å². The van der Waals surface area contributed by atoms with Crippen LogP contribution in [0.1, 0.15) is 49.5 Å². The summed E-state index contributed by atoms with van der Waals surface area (Å²) in [6, 6.07) is 8.51. The van der Waals surface area contributed by atoms with Gasteiger partial charge in [-0.1, -0.05) is 23.8 Å². The average Bonchev–Trinajstić information content (AvgIpc) is 3.40. The zero-order chi connectivity index (χ0) is 17.9. The van der Waals surface area contributed by atoms with Crippen LogP contribution in [0.25, 0.3) is 11.3 Å². The van der Waals surface area contributed by atoms with Crippen LogP contribution in [0.5, 0.6) is 0 Å². The van der Waals surface area contributed by atoms with Gasteiger partial charge < -0.3 is 15.2 Å². The highest BCUT2D eigenvalue weighted by molar-refractivity contribution is 5.77. The van der Waals surface area contributed by atoms with Gasteiger partial charge in [0, 0.05) is 13.0 Å². The zero-order valence-corrected chi connectivity index (χ0v) is 15.5. The van der Waals surface area contributed by atoms with E-state index in [4.69, 9.17) is 0 Å². The van der Waals surface area contributed by atoms with Crippen molar-refractivity contribution in [3.8, 4) is 11.3 Å². The molecule has 1 aromatic carbocycles. The lowest BCUT2D eigenvalue weighted by Crippen LogP contribution is -2.31. The van der Waals surface area contributed by atoms with Gasteiger partial charge in [-0.3, -0.25) is 4.79 Å². The highest BCUT2D eigenvalue weighted by Crippen LogP contribution is 2.32. The van der Waals surface area contributed by atoms with Crippen molar-refractivity contribution in [1.29, 1.82) is 0 Å². The lowest BCUT2D eigenvalue weighted by atomic mass is 10.0. The van der Waals surface area contributed by atoms with Gasteiger partial charge in [-0.15, -0.1) is 0 Å². The maximum atomic E-state index is 12.8. The molecule has 5 nitrogen and oxygen atoms in total. The van der Waals surface area contributed by atoms with E-state index in [1.54, 1.807) is 0 Å². The first-order valence-electron chi connectivity index (χ1n) is 9.83. The van der Waals surface area contributed by atoms with Crippen LogP contribution in [0.3, 0.4) is 0 Å². The molecule has 5 heteroatoms. The van der Waals surface area contributed by atoms with Crippen molar-refractivity contribution in [1.82, 2.24) is 20.2 Å². The molecule has 2 aliphatic rings. The van der Waals surface area contributed by atoms with Gasteiger partial charge in [0.2, 0.25) is 5.91 Å². The fourth-order valence-electron chi connectivity index (χ4n) is 4.25. The van der Waals surface area contributed by atoms with Crippen molar-refractivity contribution in [3.05, 3.63) is 41.9 Å². The Kier molecular flexibility index (Phi) is 5.07. The molecule has 2 N–H and O–H groups in total. The number of nitrogens with zero attached hydrogens (tertiary/aromatic N) is 2. The third kappa shape index (κ3) is 3.68. The topological polar surface area (TPSA) is 61.0 Å². The molecule has 1 aromatic heterocycles. The van der Waals surface area contributed by atoms with E-state index >= 15 is 0 Å². The van der Waals surface area contributed by atoms with Crippen LogP contribution < -0.4 is 5.32 Å².